The molecule has 4 rings (SSSR count). The Hall–Kier alpha value is -4.47. The molecule has 210 valence electrons. The van der Waals surface area contributed by atoms with Crippen LogP contribution >= 0.6 is 0 Å². The molecule has 40 heavy (non-hydrogen) atoms. The number of ether oxygens (including phenoxy) is 1. The summed E-state index contributed by atoms with van der Waals surface area (Å²) < 4.78 is 5.28. The molecule has 0 radical (unpaired) electrons. The Morgan fingerprint density at radius 3 is 2.20 bits per heavy atom. The molecule has 0 atom stereocenters. The molecule has 1 saturated heterocycles. The van der Waals surface area contributed by atoms with Crippen LogP contribution in [0.25, 0.3) is 0 Å². The number of carbonyl (C=O) groups is 2. The van der Waals surface area contributed by atoms with Crippen molar-refractivity contribution in [2.45, 2.75) is 65.8 Å². The molecule has 2 heterocycles. The summed E-state index contributed by atoms with van der Waals surface area (Å²) >= 11 is 0. The van der Waals surface area contributed by atoms with Crippen LogP contribution < -0.4 is 16.0 Å². The molecule has 3 amide bonds. The maximum absolute atomic E-state index is 12.2. The van der Waals surface area contributed by atoms with Gasteiger partial charge in [-0.15, -0.1) is 0 Å². The fraction of sp³-hybridized carbons (Fsp3) is 0.367. The maximum atomic E-state index is 12.2. The summed E-state index contributed by atoms with van der Waals surface area (Å²) in [4.78, 5) is 39.6. The number of aromatic nitrogens is 3. The Labute approximate surface area is 235 Å². The number of hydrogen-bond acceptors (Lipinski definition) is 7. The molecule has 3 N–H and O–H groups in total. The quantitative estimate of drug-likeness (QED) is 0.341. The number of anilines is 1. The number of carbonyl (C=O) groups excluding carboxylic acids is 2. The van der Waals surface area contributed by atoms with Gasteiger partial charge in [-0.1, -0.05) is 60.7 Å². The zero-order chi connectivity index (χ0) is 28.7. The maximum Gasteiger partial charge on any atom is 0.407 e. The lowest BCUT2D eigenvalue weighted by Gasteiger charge is -2.19. The van der Waals surface area contributed by atoms with Crippen molar-refractivity contribution in [3.05, 3.63) is 94.7 Å². The number of hydrogen-bond donors (Lipinski definition) is 3. The second kappa shape index (κ2) is 12.6. The van der Waals surface area contributed by atoms with Crippen LogP contribution in [0.4, 0.5) is 15.5 Å². The van der Waals surface area contributed by atoms with Gasteiger partial charge in [0, 0.05) is 25.2 Å². The van der Waals surface area contributed by atoms with E-state index in [4.69, 9.17) is 4.74 Å². The molecule has 0 aliphatic carbocycles. The Balaban J connectivity index is 1.40. The lowest BCUT2D eigenvalue weighted by molar-refractivity contribution is 0.0523. The lowest BCUT2D eigenvalue weighted by Crippen LogP contribution is -2.32. The van der Waals surface area contributed by atoms with Crippen LogP contribution in [0.3, 0.4) is 0 Å². The molecule has 3 aromatic rings. The third-order valence-corrected chi connectivity index (χ3v) is 6.08. The van der Waals surface area contributed by atoms with Crippen LogP contribution in [-0.2, 0) is 37.2 Å². The monoisotopic (exact) mass is 543 g/mol. The lowest BCUT2D eigenvalue weighted by atomic mass is 10.1. The number of nitrogens with zero attached hydrogens (tertiary/aromatic N) is 4. The summed E-state index contributed by atoms with van der Waals surface area (Å²) in [5.41, 5.74) is 4.53. The minimum absolute atomic E-state index is 0.206. The first kappa shape index (κ1) is 28.5. The van der Waals surface area contributed by atoms with Crippen LogP contribution in [0.1, 0.15) is 54.7 Å². The molecule has 1 aliphatic rings. The minimum Gasteiger partial charge on any atom is -0.444 e. The third kappa shape index (κ3) is 8.79. The molecule has 10 heteroatoms. The van der Waals surface area contributed by atoms with E-state index in [0.717, 1.165) is 17.5 Å². The van der Waals surface area contributed by atoms with Crippen molar-refractivity contribution in [3.63, 3.8) is 0 Å². The van der Waals surface area contributed by atoms with E-state index in [1.807, 2.05) is 45.0 Å². The number of aryl methyl sites for hydroxylation is 3. The van der Waals surface area contributed by atoms with Gasteiger partial charge in [-0.3, -0.25) is 0 Å². The number of alkyl carbamates (subject to hydrolysis) is 1. The van der Waals surface area contributed by atoms with Gasteiger partial charge >= 0.3 is 12.1 Å². The number of urea groups is 1. The average molecular weight is 544 g/mol. The number of benzene rings is 2. The van der Waals surface area contributed by atoms with Crippen LogP contribution in [0.15, 0.2) is 60.8 Å². The van der Waals surface area contributed by atoms with Crippen molar-refractivity contribution in [2.75, 3.05) is 11.9 Å². The van der Waals surface area contributed by atoms with Gasteiger partial charge in [0.2, 0.25) is 5.95 Å². The molecule has 1 fully saturated rings. The summed E-state index contributed by atoms with van der Waals surface area (Å²) in [6.45, 7) is 13.0. The largest absolute Gasteiger partial charge is 0.444 e. The van der Waals surface area contributed by atoms with Crippen molar-refractivity contribution < 1.29 is 14.3 Å². The van der Waals surface area contributed by atoms with Gasteiger partial charge in [0.1, 0.15) is 11.4 Å². The average Bonchev–Trinajstić information content (AvgIpc) is 3.21. The minimum atomic E-state index is -0.537. The molecule has 1 aromatic heterocycles. The molecule has 1 aliphatic heterocycles. The van der Waals surface area contributed by atoms with Crippen molar-refractivity contribution in [1.29, 1.82) is 0 Å². The fourth-order valence-electron chi connectivity index (χ4n) is 4.06. The molecule has 2 aromatic carbocycles. The number of rotatable bonds is 10. The normalized spacial score (nSPS) is 13.2. The Morgan fingerprint density at radius 1 is 0.950 bits per heavy atom. The summed E-state index contributed by atoms with van der Waals surface area (Å²) in [6.07, 6.45) is 0.992. The SMILES string of the molecule is C=C1CN(Cc2nc(CCc3ccc(C)cc3)nc(NCc3ccc(CNC(=O)OC(C)(C)C)cc3)n2)C(=O)N1. The predicted octanol–water partition coefficient (Wildman–Crippen LogP) is 4.64. The second-order valence-corrected chi connectivity index (χ2v) is 10.9. The highest BCUT2D eigenvalue weighted by atomic mass is 16.6. The number of amides is 3. The van der Waals surface area contributed by atoms with E-state index in [0.29, 0.717) is 49.3 Å². The standard InChI is InChI=1S/C30H37N7O3/c1-20-6-8-22(9-7-20)14-15-25-34-26(19-37-18-21(2)33-28(37)38)36-27(35-25)31-16-23-10-12-24(13-11-23)17-32-29(39)40-30(3,4)5/h6-13H,2,14-19H2,1,3-5H3,(H,32,39)(H,33,38)(H,31,34,35,36). The van der Waals surface area contributed by atoms with Gasteiger partial charge < -0.3 is 25.6 Å². The Bertz CT molecular complexity index is 1350. The van der Waals surface area contributed by atoms with Gasteiger partial charge in [0.05, 0.1) is 13.1 Å². The van der Waals surface area contributed by atoms with E-state index in [1.54, 1.807) is 4.90 Å². The van der Waals surface area contributed by atoms with Crippen LogP contribution in [0.2, 0.25) is 0 Å². The van der Waals surface area contributed by atoms with Gasteiger partial charge in [0.15, 0.2) is 5.82 Å². The van der Waals surface area contributed by atoms with E-state index >= 15 is 0 Å². The van der Waals surface area contributed by atoms with Gasteiger partial charge in [-0.25, -0.2) is 14.6 Å². The predicted molar refractivity (Wildman–Crippen MR) is 153 cm³/mol. The fourth-order valence-corrected chi connectivity index (χ4v) is 4.06. The van der Waals surface area contributed by atoms with E-state index in [2.05, 4.69) is 68.7 Å². The number of nitrogens with one attached hydrogen (secondary N) is 3. The first-order valence-electron chi connectivity index (χ1n) is 13.3. The Morgan fingerprint density at radius 2 is 1.57 bits per heavy atom. The summed E-state index contributed by atoms with van der Waals surface area (Å²) in [5, 5.41) is 8.78. The summed E-state index contributed by atoms with van der Waals surface area (Å²) in [7, 11) is 0. The molecular formula is C30H37N7O3. The van der Waals surface area contributed by atoms with Crippen LogP contribution in [0, 0.1) is 6.92 Å². The first-order valence-corrected chi connectivity index (χ1v) is 13.3. The third-order valence-electron chi connectivity index (χ3n) is 6.08. The van der Waals surface area contributed by atoms with E-state index < -0.39 is 11.7 Å². The van der Waals surface area contributed by atoms with Crippen LogP contribution in [-0.4, -0.2) is 44.1 Å². The van der Waals surface area contributed by atoms with Crippen molar-refractivity contribution in [2.24, 2.45) is 0 Å². The van der Waals surface area contributed by atoms with Gasteiger partial charge in [-0.2, -0.15) is 9.97 Å². The Kier molecular flexibility index (Phi) is 8.98. The topological polar surface area (TPSA) is 121 Å². The van der Waals surface area contributed by atoms with Crippen molar-refractivity contribution in [3.8, 4) is 0 Å². The molecule has 0 bridgehead atoms. The molecule has 0 spiro atoms. The van der Waals surface area contributed by atoms with Crippen molar-refractivity contribution >= 4 is 18.1 Å². The van der Waals surface area contributed by atoms with Gasteiger partial charge in [0.25, 0.3) is 0 Å². The highest BCUT2D eigenvalue weighted by Crippen LogP contribution is 2.14. The van der Waals surface area contributed by atoms with Gasteiger partial charge in [-0.05, 0) is 50.8 Å². The summed E-state index contributed by atoms with van der Waals surface area (Å²) in [5.74, 6) is 1.64. The first-order chi connectivity index (χ1) is 19.0. The second-order valence-electron chi connectivity index (χ2n) is 10.9. The highest BCUT2D eigenvalue weighted by molar-refractivity contribution is 5.79. The van der Waals surface area contributed by atoms with Crippen LogP contribution in [0.5, 0.6) is 0 Å². The molecular weight excluding hydrogens is 506 g/mol. The smallest absolute Gasteiger partial charge is 0.407 e. The zero-order valence-electron chi connectivity index (χ0n) is 23.6. The van der Waals surface area contributed by atoms with E-state index in [1.165, 1.54) is 11.1 Å². The molecule has 0 saturated carbocycles. The molecule has 0 unspecified atom stereocenters. The van der Waals surface area contributed by atoms with Crippen molar-refractivity contribution in [1.82, 2.24) is 30.5 Å². The van der Waals surface area contributed by atoms with E-state index in [-0.39, 0.29) is 12.6 Å². The zero-order valence-corrected chi connectivity index (χ0v) is 23.6. The summed E-state index contributed by atoms with van der Waals surface area (Å²) in [6, 6.07) is 16.1. The highest BCUT2D eigenvalue weighted by Gasteiger charge is 2.24. The molecule has 10 nitrogen and oxygen atoms in total. The van der Waals surface area contributed by atoms with E-state index in [9.17, 15) is 9.59 Å².